The molecule has 0 aliphatic heterocycles. The van der Waals surface area contributed by atoms with E-state index in [0.717, 1.165) is 5.92 Å². The summed E-state index contributed by atoms with van der Waals surface area (Å²) in [4.78, 5) is 0. The van der Waals surface area contributed by atoms with Crippen LogP contribution in [0.3, 0.4) is 0 Å². The highest BCUT2D eigenvalue weighted by Crippen LogP contribution is 2.36. The van der Waals surface area contributed by atoms with Crippen molar-refractivity contribution in [2.75, 3.05) is 0 Å². The minimum absolute atomic E-state index is 1.05. The first-order valence-electron chi connectivity index (χ1n) is 3.81. The molecule has 0 radical (unpaired) electrons. The van der Waals surface area contributed by atoms with Crippen molar-refractivity contribution in [3.63, 3.8) is 0 Å². The van der Waals surface area contributed by atoms with Crippen molar-refractivity contribution in [2.24, 2.45) is 5.92 Å². The van der Waals surface area contributed by atoms with Crippen molar-refractivity contribution < 1.29 is 0 Å². The van der Waals surface area contributed by atoms with Gasteiger partial charge in [0.15, 0.2) is 0 Å². The standard InChI is InChI=1S/C9H12/c1-2-4-8(3-1)7-9-5-6-9/h1,3-4,9H,2,5-7H2. The molecule has 48 valence electrons. The predicted octanol–water partition coefficient (Wildman–Crippen LogP) is 2.67. The molecule has 0 unspecified atom stereocenters. The molecule has 2 aliphatic rings. The summed E-state index contributed by atoms with van der Waals surface area (Å²) in [7, 11) is 0. The van der Waals surface area contributed by atoms with Crippen LogP contribution in [-0.4, -0.2) is 0 Å². The molecule has 2 rings (SSSR count). The summed E-state index contributed by atoms with van der Waals surface area (Å²) in [6.45, 7) is 0. The SMILES string of the molecule is C1=CC(CC2CC2)=CC1. The van der Waals surface area contributed by atoms with E-state index in [2.05, 4.69) is 18.2 Å². The lowest BCUT2D eigenvalue weighted by molar-refractivity contribution is 0.837. The maximum absolute atomic E-state index is 2.35. The van der Waals surface area contributed by atoms with E-state index >= 15 is 0 Å². The molecular weight excluding hydrogens is 108 g/mol. The molecular formula is C9H12. The minimum Gasteiger partial charge on any atom is -0.0805 e. The smallest absolute Gasteiger partial charge is 0.0160 e. The molecule has 9 heavy (non-hydrogen) atoms. The van der Waals surface area contributed by atoms with Gasteiger partial charge in [0, 0.05) is 0 Å². The highest BCUT2D eigenvalue weighted by Gasteiger charge is 2.21. The molecule has 0 spiro atoms. The Labute approximate surface area is 56.3 Å². The fourth-order valence-electron chi connectivity index (χ4n) is 1.31. The highest BCUT2D eigenvalue weighted by atomic mass is 14.3. The summed E-state index contributed by atoms with van der Waals surface area (Å²) in [6, 6.07) is 0. The zero-order chi connectivity index (χ0) is 6.10. The third-order valence-corrected chi connectivity index (χ3v) is 2.07. The van der Waals surface area contributed by atoms with Gasteiger partial charge in [0.25, 0.3) is 0 Å². The summed E-state index contributed by atoms with van der Waals surface area (Å²) < 4.78 is 0. The van der Waals surface area contributed by atoms with Crippen LogP contribution in [0.5, 0.6) is 0 Å². The van der Waals surface area contributed by atoms with Crippen LogP contribution in [0.1, 0.15) is 25.7 Å². The Morgan fingerprint density at radius 2 is 2.33 bits per heavy atom. The van der Waals surface area contributed by atoms with Crippen LogP contribution in [0.15, 0.2) is 23.8 Å². The Morgan fingerprint density at radius 3 is 2.89 bits per heavy atom. The zero-order valence-corrected chi connectivity index (χ0v) is 5.64. The Bertz CT molecular complexity index is 159. The second kappa shape index (κ2) is 2.02. The van der Waals surface area contributed by atoms with Crippen molar-refractivity contribution >= 4 is 0 Å². The molecule has 2 aliphatic carbocycles. The second-order valence-corrected chi connectivity index (χ2v) is 3.06. The third-order valence-electron chi connectivity index (χ3n) is 2.07. The van der Waals surface area contributed by atoms with Crippen LogP contribution < -0.4 is 0 Å². The van der Waals surface area contributed by atoms with E-state index < -0.39 is 0 Å². The quantitative estimate of drug-likeness (QED) is 0.525. The Balaban J connectivity index is 1.89. The number of allylic oxidation sites excluding steroid dienone is 4. The van der Waals surface area contributed by atoms with Crippen molar-refractivity contribution in [1.29, 1.82) is 0 Å². The fraction of sp³-hybridized carbons (Fsp3) is 0.556. The largest absolute Gasteiger partial charge is 0.0805 e. The van der Waals surface area contributed by atoms with Crippen LogP contribution in [0.2, 0.25) is 0 Å². The molecule has 0 atom stereocenters. The van der Waals surface area contributed by atoms with E-state index in [-0.39, 0.29) is 0 Å². The Kier molecular flexibility index (Phi) is 1.18. The number of hydrogen-bond acceptors (Lipinski definition) is 0. The zero-order valence-electron chi connectivity index (χ0n) is 5.64. The van der Waals surface area contributed by atoms with Crippen molar-refractivity contribution in [3.8, 4) is 0 Å². The average molecular weight is 120 g/mol. The van der Waals surface area contributed by atoms with E-state index in [0.29, 0.717) is 0 Å². The van der Waals surface area contributed by atoms with Crippen LogP contribution in [-0.2, 0) is 0 Å². The van der Waals surface area contributed by atoms with Gasteiger partial charge in [-0.25, -0.2) is 0 Å². The van der Waals surface area contributed by atoms with Crippen LogP contribution in [0.4, 0.5) is 0 Å². The lowest BCUT2D eigenvalue weighted by Crippen LogP contribution is -1.76. The van der Waals surface area contributed by atoms with Gasteiger partial charge < -0.3 is 0 Å². The van der Waals surface area contributed by atoms with E-state index in [1.54, 1.807) is 5.57 Å². The molecule has 1 saturated carbocycles. The normalized spacial score (nSPS) is 24.7. The topological polar surface area (TPSA) is 0 Å². The fourth-order valence-corrected chi connectivity index (χ4v) is 1.31. The lowest BCUT2D eigenvalue weighted by Gasteiger charge is -1.92. The molecule has 0 N–H and O–H groups in total. The third kappa shape index (κ3) is 1.24. The van der Waals surface area contributed by atoms with Gasteiger partial charge in [-0.1, -0.05) is 23.8 Å². The van der Waals surface area contributed by atoms with Gasteiger partial charge in [0.05, 0.1) is 0 Å². The molecule has 0 heteroatoms. The van der Waals surface area contributed by atoms with Gasteiger partial charge in [-0.2, -0.15) is 0 Å². The van der Waals surface area contributed by atoms with Gasteiger partial charge in [0.1, 0.15) is 0 Å². The van der Waals surface area contributed by atoms with Crippen molar-refractivity contribution in [3.05, 3.63) is 23.8 Å². The van der Waals surface area contributed by atoms with Gasteiger partial charge in [-0.15, -0.1) is 0 Å². The summed E-state index contributed by atoms with van der Waals surface area (Å²) >= 11 is 0. The monoisotopic (exact) mass is 120 g/mol. The predicted molar refractivity (Wildman–Crippen MR) is 39.2 cm³/mol. The molecule has 0 aromatic rings. The molecule has 0 aromatic heterocycles. The van der Waals surface area contributed by atoms with E-state index in [1.165, 1.54) is 25.7 Å². The molecule has 0 saturated heterocycles. The summed E-state index contributed by atoms with van der Waals surface area (Å²) in [5.41, 5.74) is 1.58. The molecule has 1 fully saturated rings. The van der Waals surface area contributed by atoms with Crippen LogP contribution >= 0.6 is 0 Å². The Hall–Kier alpha value is -0.520. The maximum atomic E-state index is 2.35. The summed E-state index contributed by atoms with van der Waals surface area (Å²) in [5.74, 6) is 1.05. The molecule has 0 nitrogen and oxygen atoms in total. The van der Waals surface area contributed by atoms with Gasteiger partial charge in [0.2, 0.25) is 0 Å². The van der Waals surface area contributed by atoms with E-state index in [9.17, 15) is 0 Å². The highest BCUT2D eigenvalue weighted by molar-refractivity contribution is 5.26. The van der Waals surface area contributed by atoms with Crippen LogP contribution in [0.25, 0.3) is 0 Å². The molecule has 0 bridgehead atoms. The number of rotatable bonds is 2. The molecule has 0 aromatic carbocycles. The minimum atomic E-state index is 1.05. The molecule has 0 heterocycles. The Morgan fingerprint density at radius 1 is 1.44 bits per heavy atom. The van der Waals surface area contributed by atoms with Gasteiger partial charge >= 0.3 is 0 Å². The van der Waals surface area contributed by atoms with E-state index in [1.807, 2.05) is 0 Å². The second-order valence-electron chi connectivity index (χ2n) is 3.06. The first kappa shape index (κ1) is 5.28. The van der Waals surface area contributed by atoms with Gasteiger partial charge in [-0.05, 0) is 31.6 Å². The van der Waals surface area contributed by atoms with Gasteiger partial charge in [-0.3, -0.25) is 0 Å². The number of hydrogen-bond donors (Lipinski definition) is 0. The summed E-state index contributed by atoms with van der Waals surface area (Å²) in [6.07, 6.45) is 12.4. The molecule has 0 amide bonds. The first-order chi connectivity index (χ1) is 4.45. The first-order valence-corrected chi connectivity index (χ1v) is 3.81. The van der Waals surface area contributed by atoms with E-state index in [4.69, 9.17) is 0 Å². The van der Waals surface area contributed by atoms with Crippen molar-refractivity contribution in [1.82, 2.24) is 0 Å². The lowest BCUT2D eigenvalue weighted by atomic mass is 10.1. The summed E-state index contributed by atoms with van der Waals surface area (Å²) in [5, 5.41) is 0. The maximum Gasteiger partial charge on any atom is -0.0160 e. The van der Waals surface area contributed by atoms with Crippen LogP contribution in [0, 0.1) is 5.92 Å². The average Bonchev–Trinajstić information content (AvgIpc) is 2.46. The van der Waals surface area contributed by atoms with Crippen molar-refractivity contribution in [2.45, 2.75) is 25.7 Å².